The van der Waals surface area contributed by atoms with Crippen LogP contribution < -0.4 is 5.32 Å². The fourth-order valence-electron chi connectivity index (χ4n) is 4.25. The van der Waals surface area contributed by atoms with Gasteiger partial charge >= 0.3 is 0 Å². The Kier molecular flexibility index (Phi) is 5.11. The predicted octanol–water partition coefficient (Wildman–Crippen LogP) is 5.28. The molecule has 6 heteroatoms. The van der Waals surface area contributed by atoms with Crippen molar-refractivity contribution in [2.45, 2.75) is 46.6 Å². The van der Waals surface area contributed by atoms with E-state index < -0.39 is 0 Å². The van der Waals surface area contributed by atoms with Crippen molar-refractivity contribution in [3.05, 3.63) is 58.6 Å². The van der Waals surface area contributed by atoms with Crippen LogP contribution in [0.25, 0.3) is 11.3 Å². The van der Waals surface area contributed by atoms with Crippen LogP contribution in [0.15, 0.2) is 36.7 Å². The number of hydrogen-bond acceptors (Lipinski definition) is 4. The lowest BCUT2D eigenvalue weighted by Gasteiger charge is -2.38. The molecule has 0 amide bonds. The lowest BCUT2D eigenvalue weighted by Crippen LogP contribution is -2.32. The molecule has 0 saturated carbocycles. The summed E-state index contributed by atoms with van der Waals surface area (Å²) in [6, 6.07) is 7.88. The standard InChI is InChI=1S/C22H26ClN5/c1-4-16-10-17-18(11-22(16,2)3)27-28-21(17)15-8-19(23)26-20(9-15)25-13-14-6-5-7-24-12-14/h5-9,12,16H,4,10-11,13H2,1-3H3,(H,25,26)(H,27,28). The number of anilines is 1. The summed E-state index contributed by atoms with van der Waals surface area (Å²) in [5.74, 6) is 1.39. The summed E-state index contributed by atoms with van der Waals surface area (Å²) in [5, 5.41) is 11.7. The van der Waals surface area contributed by atoms with E-state index in [9.17, 15) is 0 Å². The highest BCUT2D eigenvalue weighted by Crippen LogP contribution is 2.43. The van der Waals surface area contributed by atoms with E-state index in [1.165, 1.54) is 17.7 Å². The Hall–Kier alpha value is -2.40. The molecule has 3 aromatic rings. The van der Waals surface area contributed by atoms with E-state index in [0.29, 0.717) is 17.6 Å². The van der Waals surface area contributed by atoms with Crippen LogP contribution in [0, 0.1) is 11.3 Å². The van der Waals surface area contributed by atoms with Gasteiger partial charge in [-0.05, 0) is 47.9 Å². The summed E-state index contributed by atoms with van der Waals surface area (Å²) in [6.45, 7) is 7.63. The van der Waals surface area contributed by atoms with Crippen molar-refractivity contribution in [1.29, 1.82) is 0 Å². The van der Waals surface area contributed by atoms with Gasteiger partial charge in [-0.3, -0.25) is 10.1 Å². The van der Waals surface area contributed by atoms with Crippen molar-refractivity contribution in [2.24, 2.45) is 11.3 Å². The van der Waals surface area contributed by atoms with Crippen LogP contribution in [0.2, 0.25) is 5.15 Å². The van der Waals surface area contributed by atoms with Gasteiger partial charge in [0.05, 0.1) is 5.69 Å². The van der Waals surface area contributed by atoms with Gasteiger partial charge in [0.1, 0.15) is 11.0 Å². The zero-order valence-electron chi connectivity index (χ0n) is 16.6. The molecule has 5 nitrogen and oxygen atoms in total. The minimum atomic E-state index is 0.290. The number of H-pyrrole nitrogens is 1. The molecule has 1 unspecified atom stereocenters. The number of aromatic amines is 1. The molecule has 0 aromatic carbocycles. The highest BCUT2D eigenvalue weighted by atomic mass is 35.5. The SMILES string of the molecule is CCC1Cc2c(-c3cc(Cl)nc(NCc4cccnc4)c3)n[nH]c2CC1(C)C. The molecular formula is C22H26ClN5. The fraction of sp³-hybridized carbons (Fsp3) is 0.409. The van der Waals surface area contributed by atoms with Gasteiger partial charge in [-0.1, -0.05) is 44.9 Å². The predicted molar refractivity (Wildman–Crippen MR) is 113 cm³/mol. The minimum absolute atomic E-state index is 0.290. The second-order valence-electron chi connectivity index (χ2n) is 8.28. The van der Waals surface area contributed by atoms with Crippen LogP contribution in [-0.2, 0) is 19.4 Å². The third-order valence-corrected chi connectivity index (χ3v) is 6.09. The third-order valence-electron chi connectivity index (χ3n) is 5.90. The Bertz CT molecular complexity index is 964. The summed E-state index contributed by atoms with van der Waals surface area (Å²) < 4.78 is 0. The molecule has 1 atom stereocenters. The van der Waals surface area contributed by atoms with Gasteiger partial charge in [-0.2, -0.15) is 5.10 Å². The first-order chi connectivity index (χ1) is 13.5. The number of nitrogens with one attached hydrogen (secondary N) is 2. The summed E-state index contributed by atoms with van der Waals surface area (Å²) >= 11 is 6.33. The third kappa shape index (κ3) is 3.76. The summed E-state index contributed by atoms with van der Waals surface area (Å²) in [6.07, 6.45) is 6.86. The molecule has 0 spiro atoms. The fourth-order valence-corrected chi connectivity index (χ4v) is 4.45. The van der Waals surface area contributed by atoms with Gasteiger partial charge in [0.25, 0.3) is 0 Å². The molecule has 0 aliphatic heterocycles. The van der Waals surface area contributed by atoms with Crippen LogP contribution in [-0.4, -0.2) is 20.2 Å². The number of pyridine rings is 2. The Balaban J connectivity index is 1.62. The van der Waals surface area contributed by atoms with Gasteiger partial charge in [0.15, 0.2) is 0 Å². The van der Waals surface area contributed by atoms with Crippen molar-refractivity contribution in [2.75, 3.05) is 5.32 Å². The van der Waals surface area contributed by atoms with E-state index >= 15 is 0 Å². The van der Waals surface area contributed by atoms with Crippen LogP contribution in [0.4, 0.5) is 5.82 Å². The Morgan fingerprint density at radius 3 is 2.93 bits per heavy atom. The average Bonchev–Trinajstić information content (AvgIpc) is 3.07. The zero-order chi connectivity index (χ0) is 19.7. The molecule has 2 N–H and O–H groups in total. The molecule has 0 fully saturated rings. The van der Waals surface area contributed by atoms with Crippen LogP contribution in [0.1, 0.15) is 44.0 Å². The Morgan fingerprint density at radius 1 is 1.32 bits per heavy atom. The lowest BCUT2D eigenvalue weighted by atomic mass is 9.67. The van der Waals surface area contributed by atoms with Crippen molar-refractivity contribution in [3.63, 3.8) is 0 Å². The summed E-state index contributed by atoms with van der Waals surface area (Å²) in [4.78, 5) is 8.57. The largest absolute Gasteiger partial charge is 0.366 e. The quantitative estimate of drug-likeness (QED) is 0.576. The van der Waals surface area contributed by atoms with E-state index in [1.807, 2.05) is 30.5 Å². The highest BCUT2D eigenvalue weighted by Gasteiger charge is 2.36. The molecule has 0 bridgehead atoms. The molecule has 3 aromatic heterocycles. The number of halogens is 1. The number of nitrogens with zero attached hydrogens (tertiary/aromatic N) is 3. The average molecular weight is 396 g/mol. The van der Waals surface area contributed by atoms with Gasteiger partial charge in [-0.15, -0.1) is 0 Å². The maximum atomic E-state index is 6.33. The van der Waals surface area contributed by atoms with E-state index in [1.54, 1.807) is 6.20 Å². The summed E-state index contributed by atoms with van der Waals surface area (Å²) in [5.41, 5.74) is 5.96. The van der Waals surface area contributed by atoms with Crippen molar-refractivity contribution >= 4 is 17.4 Å². The molecule has 0 radical (unpaired) electrons. The molecule has 1 aliphatic rings. The lowest BCUT2D eigenvalue weighted by molar-refractivity contribution is 0.186. The highest BCUT2D eigenvalue weighted by molar-refractivity contribution is 6.29. The molecule has 3 heterocycles. The number of aromatic nitrogens is 4. The normalized spacial score (nSPS) is 17.9. The minimum Gasteiger partial charge on any atom is -0.366 e. The molecule has 28 heavy (non-hydrogen) atoms. The van der Waals surface area contributed by atoms with Crippen LogP contribution >= 0.6 is 11.6 Å². The van der Waals surface area contributed by atoms with Gasteiger partial charge < -0.3 is 5.32 Å². The molecule has 0 saturated heterocycles. The van der Waals surface area contributed by atoms with Crippen molar-refractivity contribution < 1.29 is 0 Å². The van der Waals surface area contributed by atoms with Crippen molar-refractivity contribution in [1.82, 2.24) is 20.2 Å². The van der Waals surface area contributed by atoms with Gasteiger partial charge in [0.2, 0.25) is 0 Å². The van der Waals surface area contributed by atoms with E-state index in [4.69, 9.17) is 11.6 Å². The van der Waals surface area contributed by atoms with E-state index in [0.717, 1.165) is 35.5 Å². The summed E-state index contributed by atoms with van der Waals surface area (Å²) in [7, 11) is 0. The first-order valence-corrected chi connectivity index (χ1v) is 10.2. The molecular weight excluding hydrogens is 370 g/mol. The van der Waals surface area contributed by atoms with Gasteiger partial charge in [0, 0.05) is 35.8 Å². The number of hydrogen-bond donors (Lipinski definition) is 2. The Morgan fingerprint density at radius 2 is 2.18 bits per heavy atom. The smallest absolute Gasteiger partial charge is 0.132 e. The topological polar surface area (TPSA) is 66.5 Å². The Labute approximate surface area is 171 Å². The number of fused-ring (bicyclic) bond motifs is 1. The first-order valence-electron chi connectivity index (χ1n) is 9.83. The molecule has 1 aliphatic carbocycles. The first kappa shape index (κ1) is 18.9. The number of rotatable bonds is 5. The second-order valence-corrected chi connectivity index (χ2v) is 8.67. The molecule has 146 valence electrons. The zero-order valence-corrected chi connectivity index (χ0v) is 17.3. The van der Waals surface area contributed by atoms with Gasteiger partial charge in [-0.25, -0.2) is 4.98 Å². The van der Waals surface area contributed by atoms with Crippen molar-refractivity contribution in [3.8, 4) is 11.3 Å². The van der Waals surface area contributed by atoms with E-state index in [-0.39, 0.29) is 5.41 Å². The van der Waals surface area contributed by atoms with E-state index in [2.05, 4.69) is 46.3 Å². The monoisotopic (exact) mass is 395 g/mol. The second kappa shape index (κ2) is 7.55. The maximum absolute atomic E-state index is 6.33. The maximum Gasteiger partial charge on any atom is 0.132 e. The van der Waals surface area contributed by atoms with Crippen LogP contribution in [0.3, 0.4) is 0 Å². The van der Waals surface area contributed by atoms with Crippen LogP contribution in [0.5, 0.6) is 0 Å². The molecule has 4 rings (SSSR count).